The van der Waals surface area contributed by atoms with Crippen molar-refractivity contribution in [1.29, 1.82) is 0 Å². The molecule has 0 radical (unpaired) electrons. The first-order chi connectivity index (χ1) is 7.89. The largest absolute Gasteiger partial charge is 0.468 e. The Morgan fingerprint density at radius 2 is 2.00 bits per heavy atom. The molecule has 0 atom stereocenters. The molecule has 1 aromatic rings. The summed E-state index contributed by atoms with van der Waals surface area (Å²) in [5.41, 5.74) is -0.219. The molecule has 17 heavy (non-hydrogen) atoms. The van der Waals surface area contributed by atoms with Crippen LogP contribution < -0.4 is 0 Å². The van der Waals surface area contributed by atoms with E-state index in [2.05, 4.69) is 0 Å². The number of nitrogens with zero attached hydrogens (tertiary/aromatic N) is 1. The standard InChI is InChI=1S/C13H18FNO2/c1-13(2,12(16)17-4)15(3)9-10-7-5-6-8-11(10)14/h5-8H,9H2,1-4H3. The number of rotatable bonds is 4. The molecule has 3 nitrogen and oxygen atoms in total. The van der Waals surface area contributed by atoms with Crippen LogP contribution in [0.3, 0.4) is 0 Å². The van der Waals surface area contributed by atoms with Crippen molar-refractivity contribution in [1.82, 2.24) is 4.90 Å². The third-order valence-corrected chi connectivity index (χ3v) is 3.00. The van der Waals surface area contributed by atoms with Crippen LogP contribution >= 0.6 is 0 Å². The van der Waals surface area contributed by atoms with Gasteiger partial charge >= 0.3 is 5.97 Å². The molecule has 0 aliphatic carbocycles. The van der Waals surface area contributed by atoms with Gasteiger partial charge in [0.15, 0.2) is 0 Å². The molecule has 1 aromatic carbocycles. The number of hydrogen-bond acceptors (Lipinski definition) is 3. The summed E-state index contributed by atoms with van der Waals surface area (Å²) in [6, 6.07) is 6.54. The Bertz CT molecular complexity index is 404. The fraction of sp³-hybridized carbons (Fsp3) is 0.462. The average Bonchev–Trinajstić information content (AvgIpc) is 2.30. The van der Waals surface area contributed by atoms with E-state index in [1.807, 2.05) is 0 Å². The van der Waals surface area contributed by atoms with Gasteiger partial charge in [-0.05, 0) is 27.0 Å². The second-order valence-corrected chi connectivity index (χ2v) is 4.50. The van der Waals surface area contributed by atoms with E-state index in [9.17, 15) is 9.18 Å². The molecule has 1 rings (SSSR count). The Morgan fingerprint density at radius 3 is 2.53 bits per heavy atom. The van der Waals surface area contributed by atoms with Gasteiger partial charge in [-0.15, -0.1) is 0 Å². The summed E-state index contributed by atoms with van der Waals surface area (Å²) in [6.45, 7) is 3.86. The lowest BCUT2D eigenvalue weighted by Gasteiger charge is -2.32. The lowest BCUT2D eigenvalue weighted by molar-refractivity contribution is -0.152. The van der Waals surface area contributed by atoms with Crippen LogP contribution in [0.15, 0.2) is 24.3 Å². The number of benzene rings is 1. The molecule has 0 unspecified atom stereocenters. The Morgan fingerprint density at radius 1 is 1.41 bits per heavy atom. The zero-order chi connectivity index (χ0) is 13.1. The third kappa shape index (κ3) is 3.03. The lowest BCUT2D eigenvalue weighted by atomic mass is 10.0. The van der Waals surface area contributed by atoms with E-state index in [0.29, 0.717) is 12.1 Å². The summed E-state index contributed by atoms with van der Waals surface area (Å²) < 4.78 is 18.2. The van der Waals surface area contributed by atoms with Crippen LogP contribution in [0.1, 0.15) is 19.4 Å². The van der Waals surface area contributed by atoms with Gasteiger partial charge in [0.1, 0.15) is 11.4 Å². The molecule has 0 aliphatic heterocycles. The van der Waals surface area contributed by atoms with Crippen molar-refractivity contribution in [3.63, 3.8) is 0 Å². The Kier molecular flexibility index (Phi) is 4.23. The van der Waals surface area contributed by atoms with Gasteiger partial charge in [-0.2, -0.15) is 0 Å². The maximum Gasteiger partial charge on any atom is 0.325 e. The van der Waals surface area contributed by atoms with E-state index in [0.717, 1.165) is 0 Å². The van der Waals surface area contributed by atoms with Gasteiger partial charge in [0.25, 0.3) is 0 Å². The van der Waals surface area contributed by atoms with E-state index < -0.39 is 5.54 Å². The van der Waals surface area contributed by atoms with E-state index in [4.69, 9.17) is 4.74 Å². The lowest BCUT2D eigenvalue weighted by Crippen LogP contribution is -2.48. The number of halogens is 1. The van der Waals surface area contributed by atoms with E-state index in [1.165, 1.54) is 13.2 Å². The number of carbonyl (C=O) groups excluding carboxylic acids is 1. The fourth-order valence-electron chi connectivity index (χ4n) is 1.49. The Hall–Kier alpha value is -1.42. The van der Waals surface area contributed by atoms with Crippen molar-refractivity contribution in [2.45, 2.75) is 25.9 Å². The number of likely N-dealkylation sites (N-methyl/N-ethyl adjacent to an activating group) is 1. The van der Waals surface area contributed by atoms with Gasteiger partial charge in [0.2, 0.25) is 0 Å². The molecule has 0 aliphatic rings. The minimum absolute atomic E-state index is 0.264. The van der Waals surface area contributed by atoms with Crippen molar-refractivity contribution < 1.29 is 13.9 Å². The van der Waals surface area contributed by atoms with E-state index in [1.54, 1.807) is 44.0 Å². The second-order valence-electron chi connectivity index (χ2n) is 4.50. The smallest absolute Gasteiger partial charge is 0.325 e. The monoisotopic (exact) mass is 239 g/mol. The first-order valence-electron chi connectivity index (χ1n) is 5.42. The first kappa shape index (κ1) is 13.6. The van der Waals surface area contributed by atoms with Gasteiger partial charge in [-0.1, -0.05) is 18.2 Å². The molecule has 94 valence electrons. The molecular formula is C13H18FNO2. The summed E-state index contributed by atoms with van der Waals surface area (Å²) in [7, 11) is 3.12. The van der Waals surface area contributed by atoms with Crippen LogP contribution in [0.2, 0.25) is 0 Å². The maximum atomic E-state index is 13.5. The van der Waals surface area contributed by atoms with Crippen LogP contribution in [0.25, 0.3) is 0 Å². The summed E-state index contributed by atoms with van der Waals surface area (Å²) in [6.07, 6.45) is 0. The predicted octanol–water partition coefficient (Wildman–Crippen LogP) is 2.21. The number of esters is 1. The number of hydrogen-bond donors (Lipinski definition) is 0. The minimum Gasteiger partial charge on any atom is -0.468 e. The second kappa shape index (κ2) is 5.27. The topological polar surface area (TPSA) is 29.5 Å². The summed E-state index contributed by atoms with van der Waals surface area (Å²) in [4.78, 5) is 13.4. The fourth-order valence-corrected chi connectivity index (χ4v) is 1.49. The zero-order valence-corrected chi connectivity index (χ0v) is 10.7. The highest BCUT2D eigenvalue weighted by Gasteiger charge is 2.33. The molecule has 0 N–H and O–H groups in total. The van der Waals surface area contributed by atoms with Crippen molar-refractivity contribution in [3.8, 4) is 0 Å². The van der Waals surface area contributed by atoms with Crippen molar-refractivity contribution in [3.05, 3.63) is 35.6 Å². The highest BCUT2D eigenvalue weighted by Crippen LogP contribution is 2.18. The SMILES string of the molecule is COC(=O)C(C)(C)N(C)Cc1ccccc1F. The zero-order valence-electron chi connectivity index (χ0n) is 10.7. The molecule has 0 aromatic heterocycles. The third-order valence-electron chi connectivity index (χ3n) is 3.00. The predicted molar refractivity (Wildman–Crippen MR) is 64.0 cm³/mol. The highest BCUT2D eigenvalue weighted by atomic mass is 19.1. The van der Waals surface area contributed by atoms with Crippen LogP contribution in [-0.2, 0) is 16.1 Å². The summed E-state index contributed by atoms with van der Waals surface area (Å²) in [5.74, 6) is -0.601. The van der Waals surface area contributed by atoms with Gasteiger partial charge < -0.3 is 4.74 Å². The van der Waals surface area contributed by atoms with Crippen LogP contribution in [-0.4, -0.2) is 30.6 Å². The molecule has 0 amide bonds. The van der Waals surface area contributed by atoms with Gasteiger partial charge in [0.05, 0.1) is 7.11 Å². The molecule has 0 saturated carbocycles. The molecule has 0 spiro atoms. The Labute approximate surface area is 101 Å². The number of ether oxygens (including phenoxy) is 1. The summed E-state index contributed by atoms with van der Waals surface area (Å²) >= 11 is 0. The van der Waals surface area contributed by atoms with Gasteiger partial charge in [-0.25, -0.2) is 4.39 Å². The normalized spacial score (nSPS) is 11.6. The molecule has 0 heterocycles. The van der Waals surface area contributed by atoms with Gasteiger partial charge in [-0.3, -0.25) is 9.69 Å². The molecule has 0 bridgehead atoms. The minimum atomic E-state index is -0.781. The molecule has 0 saturated heterocycles. The number of carbonyl (C=O) groups is 1. The van der Waals surface area contributed by atoms with Crippen LogP contribution in [0, 0.1) is 5.82 Å². The van der Waals surface area contributed by atoms with E-state index in [-0.39, 0.29) is 11.8 Å². The Balaban J connectivity index is 2.82. The summed E-state index contributed by atoms with van der Waals surface area (Å²) in [5, 5.41) is 0. The molecule has 4 heteroatoms. The average molecular weight is 239 g/mol. The van der Waals surface area contributed by atoms with Crippen LogP contribution in [0.5, 0.6) is 0 Å². The van der Waals surface area contributed by atoms with Crippen molar-refractivity contribution in [2.75, 3.05) is 14.2 Å². The maximum absolute atomic E-state index is 13.5. The number of methoxy groups -OCH3 is 1. The van der Waals surface area contributed by atoms with E-state index >= 15 is 0 Å². The first-order valence-corrected chi connectivity index (χ1v) is 5.42. The van der Waals surface area contributed by atoms with Crippen LogP contribution in [0.4, 0.5) is 4.39 Å². The molecular weight excluding hydrogens is 221 g/mol. The quantitative estimate of drug-likeness (QED) is 0.754. The highest BCUT2D eigenvalue weighted by molar-refractivity contribution is 5.79. The molecule has 0 fully saturated rings. The van der Waals surface area contributed by atoms with Crippen molar-refractivity contribution in [2.24, 2.45) is 0 Å². The van der Waals surface area contributed by atoms with Crippen molar-refractivity contribution >= 4 is 5.97 Å². The van der Waals surface area contributed by atoms with Gasteiger partial charge in [0, 0.05) is 12.1 Å².